The van der Waals surface area contributed by atoms with Gasteiger partial charge in [0.05, 0.1) is 12.7 Å². The van der Waals surface area contributed by atoms with E-state index in [9.17, 15) is 10.00 Å². The average Bonchev–Trinajstić information content (AvgIpc) is 2.92. The van der Waals surface area contributed by atoms with E-state index in [0.29, 0.717) is 19.4 Å². The number of hydrogen-bond acceptors (Lipinski definition) is 7. The highest BCUT2D eigenvalue weighted by Gasteiger charge is 2.39. The lowest BCUT2D eigenvalue weighted by molar-refractivity contribution is -0.0149. The molecular formula is C10H18B2O7P. The zero-order valence-corrected chi connectivity index (χ0v) is 11.9. The Balaban J connectivity index is 1.80. The van der Waals surface area contributed by atoms with Gasteiger partial charge in [-0.15, -0.1) is 0 Å². The number of aliphatic hydroxyl groups excluding tert-OH is 2. The van der Waals surface area contributed by atoms with Gasteiger partial charge in [0.15, 0.2) is 0 Å². The van der Waals surface area contributed by atoms with E-state index in [1.54, 1.807) is 0 Å². The molecular weight excluding hydrogens is 285 g/mol. The average molecular weight is 303 g/mol. The zero-order chi connectivity index (χ0) is 14.8. The molecule has 20 heavy (non-hydrogen) atoms. The van der Waals surface area contributed by atoms with Crippen molar-refractivity contribution in [3.63, 3.8) is 0 Å². The van der Waals surface area contributed by atoms with Crippen LogP contribution in [-0.2, 0) is 18.5 Å². The Morgan fingerprint density at radius 1 is 1.40 bits per heavy atom. The topological polar surface area (TPSA) is 97.6 Å². The number of aliphatic hydroxyl groups is 2. The van der Waals surface area contributed by atoms with Crippen molar-refractivity contribution in [1.29, 1.82) is 0 Å². The van der Waals surface area contributed by atoms with Gasteiger partial charge in [-0.1, -0.05) is 0 Å². The Labute approximate surface area is 120 Å². The van der Waals surface area contributed by atoms with Crippen molar-refractivity contribution in [3.8, 4) is 0 Å². The fraction of sp³-hybridized carbons (Fsp3) is 1.00. The van der Waals surface area contributed by atoms with Crippen molar-refractivity contribution in [3.05, 3.63) is 0 Å². The second-order valence-electron chi connectivity index (χ2n) is 4.90. The van der Waals surface area contributed by atoms with Crippen LogP contribution in [0.2, 0.25) is 0 Å². The monoisotopic (exact) mass is 303 g/mol. The van der Waals surface area contributed by atoms with Gasteiger partial charge in [-0.2, -0.15) is 7.57 Å². The van der Waals surface area contributed by atoms with Gasteiger partial charge in [0, 0.05) is 12.6 Å². The molecule has 111 valence electrons. The van der Waals surface area contributed by atoms with Crippen molar-refractivity contribution in [2.45, 2.75) is 43.3 Å². The van der Waals surface area contributed by atoms with Crippen molar-refractivity contribution in [1.82, 2.24) is 0 Å². The zero-order valence-electron chi connectivity index (χ0n) is 11.0. The summed E-state index contributed by atoms with van der Waals surface area (Å²) in [7, 11) is 7.59. The van der Waals surface area contributed by atoms with Crippen LogP contribution in [-0.4, -0.2) is 80.8 Å². The highest BCUT2D eigenvalue weighted by molar-refractivity contribution is 7.85. The van der Waals surface area contributed by atoms with Gasteiger partial charge in [0.2, 0.25) is 0 Å². The van der Waals surface area contributed by atoms with Crippen LogP contribution in [0.3, 0.4) is 0 Å². The van der Waals surface area contributed by atoms with Gasteiger partial charge < -0.3 is 19.7 Å². The number of ether oxygens (including phenoxy) is 2. The van der Waals surface area contributed by atoms with Gasteiger partial charge in [-0.3, -0.25) is 0 Å². The second kappa shape index (κ2) is 7.03. The summed E-state index contributed by atoms with van der Waals surface area (Å²) in [6, 6.07) is -0.572. The minimum atomic E-state index is -3.59. The van der Waals surface area contributed by atoms with Crippen LogP contribution in [0.4, 0.5) is 0 Å². The van der Waals surface area contributed by atoms with E-state index in [-0.39, 0.29) is 13.2 Å². The molecule has 10 heteroatoms. The summed E-state index contributed by atoms with van der Waals surface area (Å²) in [6.45, 7) is 0.0869. The Bertz CT molecular complexity index is 322. The van der Waals surface area contributed by atoms with Gasteiger partial charge in [-0.05, 0) is 12.8 Å². The summed E-state index contributed by atoms with van der Waals surface area (Å²) >= 11 is 0. The van der Waals surface area contributed by atoms with E-state index in [0.717, 1.165) is 0 Å². The lowest BCUT2D eigenvalue weighted by Gasteiger charge is -2.30. The van der Waals surface area contributed by atoms with Crippen molar-refractivity contribution >= 4 is 23.2 Å². The molecule has 0 aromatic carbocycles. The van der Waals surface area contributed by atoms with E-state index in [1.165, 1.54) is 0 Å². The Kier molecular flexibility index (Phi) is 5.85. The fourth-order valence-corrected chi connectivity index (χ4v) is 3.25. The summed E-state index contributed by atoms with van der Waals surface area (Å²) in [5.41, 5.74) is 0. The van der Waals surface area contributed by atoms with Crippen molar-refractivity contribution < 1.29 is 33.6 Å². The first-order chi connectivity index (χ1) is 9.41. The lowest BCUT2D eigenvalue weighted by atomic mass is 9.96. The molecule has 0 aliphatic carbocycles. The van der Waals surface area contributed by atoms with Crippen LogP contribution >= 0.6 is 7.82 Å². The molecule has 0 aromatic rings. The maximum atomic E-state index is 9.95. The molecule has 0 saturated carbocycles. The maximum absolute atomic E-state index is 9.95. The minimum absolute atomic E-state index is 0.0641. The molecule has 6 atom stereocenters. The molecule has 3 unspecified atom stereocenters. The van der Waals surface area contributed by atoms with Crippen LogP contribution in [0.25, 0.3) is 0 Å². The highest BCUT2D eigenvalue weighted by Crippen LogP contribution is 2.54. The standard InChI is InChI=1S/C10H18B2O7P/c11-10-3-7(8(4-13)18-10)19-20(12,15)17-5-9-6(14)1-2-16-9/h6-10,13-15H,1-5H2/t6?,7?,8-,9-,10-,20?/m1/s1. The molecule has 3 N–H and O–H groups in total. The predicted octanol–water partition coefficient (Wildman–Crippen LogP) is -1.35. The third-order valence-electron chi connectivity index (χ3n) is 3.29. The third kappa shape index (κ3) is 4.39. The number of rotatable bonds is 6. The first kappa shape index (κ1) is 16.6. The molecule has 2 aliphatic heterocycles. The first-order valence-electron chi connectivity index (χ1n) is 6.46. The molecule has 5 radical (unpaired) electrons. The van der Waals surface area contributed by atoms with Crippen LogP contribution in [0.5, 0.6) is 0 Å². The molecule has 0 bridgehead atoms. The van der Waals surface area contributed by atoms with Gasteiger partial charge >= 0.3 is 0 Å². The molecule has 0 amide bonds. The smallest absolute Gasteiger partial charge is 0.132 e. The van der Waals surface area contributed by atoms with Gasteiger partial charge in [0.25, 0.3) is 0 Å². The van der Waals surface area contributed by atoms with Gasteiger partial charge in [0.1, 0.15) is 40.6 Å². The van der Waals surface area contributed by atoms with Crippen molar-refractivity contribution in [2.75, 3.05) is 19.8 Å². The summed E-state index contributed by atoms with van der Waals surface area (Å²) < 4.78 is 20.8. The molecule has 0 aromatic heterocycles. The largest absolute Gasteiger partial charge is 0.394 e. The molecule has 2 saturated heterocycles. The van der Waals surface area contributed by atoms with E-state index in [2.05, 4.69) is 0 Å². The molecule has 2 fully saturated rings. The molecule has 2 aliphatic rings. The summed E-state index contributed by atoms with van der Waals surface area (Å²) in [4.78, 5) is 9.95. The quantitative estimate of drug-likeness (QED) is 0.412. The van der Waals surface area contributed by atoms with Crippen LogP contribution < -0.4 is 0 Å². The minimum Gasteiger partial charge on any atom is -0.394 e. The normalized spacial score (nSPS) is 40.9. The van der Waals surface area contributed by atoms with Crippen LogP contribution in [0.15, 0.2) is 0 Å². The summed E-state index contributed by atoms with van der Waals surface area (Å²) in [5, 5.41) is 18.7. The van der Waals surface area contributed by atoms with Gasteiger partial charge in [-0.25, -0.2) is 13.9 Å². The van der Waals surface area contributed by atoms with Crippen molar-refractivity contribution in [2.24, 2.45) is 0 Å². The SMILES string of the molecule is [B][C@H]1CC(O[P+]([B-])(O)OC[C@H]2OCCC2O)[C@@H](CO)O1. The Morgan fingerprint density at radius 3 is 2.75 bits per heavy atom. The molecule has 2 heterocycles. The lowest BCUT2D eigenvalue weighted by Crippen LogP contribution is -2.30. The Morgan fingerprint density at radius 2 is 2.15 bits per heavy atom. The van der Waals surface area contributed by atoms with E-state index < -0.39 is 38.2 Å². The molecule has 7 nitrogen and oxygen atoms in total. The summed E-state index contributed by atoms with van der Waals surface area (Å²) in [6.07, 6.45) is -1.61. The Hall–Kier alpha value is 0.280. The second-order valence-corrected chi connectivity index (χ2v) is 6.50. The van der Waals surface area contributed by atoms with Crippen LogP contribution in [0, 0.1) is 0 Å². The number of hydrogen-bond donors (Lipinski definition) is 3. The van der Waals surface area contributed by atoms with E-state index in [1.807, 2.05) is 0 Å². The first-order valence-corrected chi connectivity index (χ1v) is 8.11. The summed E-state index contributed by atoms with van der Waals surface area (Å²) in [5.74, 6) is 0. The predicted molar refractivity (Wildman–Crippen MR) is 72.2 cm³/mol. The highest BCUT2D eigenvalue weighted by atomic mass is 31.2. The third-order valence-corrected chi connectivity index (χ3v) is 4.39. The van der Waals surface area contributed by atoms with E-state index in [4.69, 9.17) is 39.0 Å². The molecule has 0 spiro atoms. The van der Waals surface area contributed by atoms with E-state index >= 15 is 0 Å². The van der Waals surface area contributed by atoms with Crippen LogP contribution in [0.1, 0.15) is 12.8 Å². The fourth-order valence-electron chi connectivity index (χ4n) is 2.22. The maximum Gasteiger partial charge on any atom is 0.132 e. The molecule has 2 rings (SSSR count).